The Morgan fingerprint density at radius 1 is 1.00 bits per heavy atom. The lowest BCUT2D eigenvalue weighted by Gasteiger charge is -2.37. The van der Waals surface area contributed by atoms with Gasteiger partial charge < -0.3 is 10.8 Å². The fourth-order valence-corrected chi connectivity index (χ4v) is 4.53. The zero-order valence-electron chi connectivity index (χ0n) is 13.4. The van der Waals surface area contributed by atoms with Crippen molar-refractivity contribution in [3.8, 4) is 0 Å². The van der Waals surface area contributed by atoms with Crippen molar-refractivity contribution in [2.75, 3.05) is 18.8 Å². The van der Waals surface area contributed by atoms with Gasteiger partial charge >= 0.3 is 0 Å². The van der Waals surface area contributed by atoms with Crippen LogP contribution < -0.4 is 5.73 Å². The normalized spacial score (nSPS) is 18.4. The monoisotopic (exact) mass is 346 g/mol. The van der Waals surface area contributed by atoms with Crippen LogP contribution in [-0.4, -0.2) is 36.5 Å². The lowest BCUT2D eigenvalue weighted by atomic mass is 9.86. The molecule has 24 heavy (non-hydrogen) atoms. The molecule has 1 aliphatic rings. The van der Waals surface area contributed by atoms with Crippen molar-refractivity contribution in [1.82, 2.24) is 4.31 Å². The maximum atomic E-state index is 12.7. The Balaban J connectivity index is 1.69. The standard InChI is InChI=1S/C18H22N2O3S/c19-16-6-8-17(9-7-16)24(22,23)20-12-10-18(21,11-13-20)14-15-4-2-1-3-5-15/h1-9,21H,10-14,19H2. The van der Waals surface area contributed by atoms with Crippen molar-refractivity contribution in [2.45, 2.75) is 29.8 Å². The van der Waals surface area contributed by atoms with Crippen molar-refractivity contribution in [3.63, 3.8) is 0 Å². The first kappa shape index (κ1) is 17.0. The number of rotatable bonds is 4. The number of anilines is 1. The molecular weight excluding hydrogens is 324 g/mol. The van der Waals surface area contributed by atoms with Gasteiger partial charge in [-0.3, -0.25) is 0 Å². The van der Waals surface area contributed by atoms with Crippen LogP contribution in [0.4, 0.5) is 5.69 Å². The first-order valence-corrected chi connectivity index (χ1v) is 9.45. The SMILES string of the molecule is Nc1ccc(S(=O)(=O)N2CCC(O)(Cc3ccccc3)CC2)cc1. The van der Waals surface area contributed by atoms with Crippen molar-refractivity contribution in [2.24, 2.45) is 0 Å². The van der Waals surface area contributed by atoms with Crippen molar-refractivity contribution >= 4 is 15.7 Å². The summed E-state index contributed by atoms with van der Waals surface area (Å²) < 4.78 is 26.8. The van der Waals surface area contributed by atoms with Crippen molar-refractivity contribution in [1.29, 1.82) is 0 Å². The van der Waals surface area contributed by atoms with Gasteiger partial charge in [0.2, 0.25) is 10.0 Å². The van der Waals surface area contributed by atoms with Crippen LogP contribution in [-0.2, 0) is 16.4 Å². The molecule has 1 saturated heterocycles. The molecule has 0 unspecified atom stereocenters. The van der Waals surface area contributed by atoms with E-state index in [4.69, 9.17) is 5.73 Å². The number of nitrogens with two attached hydrogens (primary N) is 1. The molecule has 0 aliphatic carbocycles. The summed E-state index contributed by atoms with van der Waals surface area (Å²) in [5, 5.41) is 10.8. The fourth-order valence-electron chi connectivity index (χ4n) is 3.08. The summed E-state index contributed by atoms with van der Waals surface area (Å²) in [4.78, 5) is 0.241. The van der Waals surface area contributed by atoms with Gasteiger partial charge in [-0.05, 0) is 42.7 Å². The minimum absolute atomic E-state index is 0.241. The number of nitrogens with zero attached hydrogens (tertiary/aromatic N) is 1. The van der Waals surface area contributed by atoms with Gasteiger partial charge in [0.15, 0.2) is 0 Å². The zero-order valence-corrected chi connectivity index (χ0v) is 14.2. The van der Waals surface area contributed by atoms with Gasteiger partial charge in [0.05, 0.1) is 10.5 Å². The zero-order chi connectivity index (χ0) is 17.2. The molecule has 128 valence electrons. The Morgan fingerprint density at radius 3 is 2.17 bits per heavy atom. The smallest absolute Gasteiger partial charge is 0.243 e. The third kappa shape index (κ3) is 3.61. The predicted octanol–water partition coefficient (Wildman–Crippen LogP) is 2.03. The number of nitrogen functional groups attached to an aromatic ring is 1. The minimum Gasteiger partial charge on any atom is -0.399 e. The molecule has 0 spiro atoms. The average Bonchev–Trinajstić information content (AvgIpc) is 2.56. The first-order chi connectivity index (χ1) is 11.4. The highest BCUT2D eigenvalue weighted by molar-refractivity contribution is 7.89. The Hall–Kier alpha value is -1.89. The van der Waals surface area contributed by atoms with E-state index in [0.29, 0.717) is 38.0 Å². The molecule has 0 atom stereocenters. The van der Waals surface area contributed by atoms with Crippen molar-refractivity contribution < 1.29 is 13.5 Å². The molecule has 3 N–H and O–H groups in total. The number of aliphatic hydroxyl groups is 1. The molecule has 0 amide bonds. The largest absolute Gasteiger partial charge is 0.399 e. The molecule has 1 fully saturated rings. The number of piperidine rings is 1. The Labute approximate surface area is 142 Å². The second-order valence-electron chi connectivity index (χ2n) is 6.36. The average molecular weight is 346 g/mol. The summed E-state index contributed by atoms with van der Waals surface area (Å²) in [7, 11) is -3.54. The molecule has 0 saturated carbocycles. The Bertz CT molecular complexity index is 781. The van der Waals surface area contributed by atoms with Gasteiger partial charge in [0.25, 0.3) is 0 Å². The van der Waals surface area contributed by atoms with Crippen LogP contribution in [0.15, 0.2) is 59.5 Å². The molecule has 2 aromatic rings. The third-order valence-electron chi connectivity index (χ3n) is 4.55. The third-order valence-corrected chi connectivity index (χ3v) is 6.46. The van der Waals surface area contributed by atoms with Gasteiger partial charge in [-0.1, -0.05) is 30.3 Å². The number of hydrogen-bond acceptors (Lipinski definition) is 4. The van der Waals surface area contributed by atoms with Crippen molar-refractivity contribution in [3.05, 3.63) is 60.2 Å². The molecule has 0 radical (unpaired) electrons. The van der Waals surface area contributed by atoms with Crippen LogP contribution in [0.1, 0.15) is 18.4 Å². The number of benzene rings is 2. The maximum absolute atomic E-state index is 12.7. The topological polar surface area (TPSA) is 83.6 Å². The Kier molecular flexibility index (Phi) is 4.62. The molecule has 2 aromatic carbocycles. The van der Waals surface area contributed by atoms with Gasteiger partial charge in [-0.2, -0.15) is 4.31 Å². The maximum Gasteiger partial charge on any atom is 0.243 e. The molecule has 0 bridgehead atoms. The van der Waals surface area contributed by atoms with E-state index in [2.05, 4.69) is 0 Å². The van der Waals surface area contributed by atoms with E-state index in [-0.39, 0.29) is 4.90 Å². The highest BCUT2D eigenvalue weighted by atomic mass is 32.2. The van der Waals surface area contributed by atoms with E-state index < -0.39 is 15.6 Å². The van der Waals surface area contributed by atoms with E-state index >= 15 is 0 Å². The van der Waals surface area contributed by atoms with Gasteiger partial charge in [-0.15, -0.1) is 0 Å². The molecule has 3 rings (SSSR count). The molecule has 6 heteroatoms. The minimum atomic E-state index is -3.54. The van der Waals surface area contributed by atoms with E-state index in [1.54, 1.807) is 12.1 Å². The molecular formula is C18H22N2O3S. The summed E-state index contributed by atoms with van der Waals surface area (Å²) >= 11 is 0. The van der Waals surface area contributed by atoms with Gasteiger partial charge in [-0.25, -0.2) is 8.42 Å². The Morgan fingerprint density at radius 2 is 1.58 bits per heavy atom. The van der Waals surface area contributed by atoms with E-state index in [1.165, 1.54) is 16.4 Å². The van der Waals surface area contributed by atoms with Crippen LogP contribution >= 0.6 is 0 Å². The summed E-state index contributed by atoms with van der Waals surface area (Å²) in [6, 6.07) is 16.0. The lowest BCUT2D eigenvalue weighted by Crippen LogP contribution is -2.47. The van der Waals surface area contributed by atoms with Crippen LogP contribution in [0.25, 0.3) is 0 Å². The second kappa shape index (κ2) is 6.55. The summed E-state index contributed by atoms with van der Waals surface area (Å²) in [6.07, 6.45) is 1.40. The highest BCUT2D eigenvalue weighted by Gasteiger charge is 2.37. The summed E-state index contributed by atoms with van der Waals surface area (Å²) in [5.74, 6) is 0. The first-order valence-electron chi connectivity index (χ1n) is 8.01. The molecule has 0 aromatic heterocycles. The van der Waals surface area contributed by atoms with E-state index in [1.807, 2.05) is 30.3 Å². The molecule has 1 heterocycles. The van der Waals surface area contributed by atoms with Crippen LogP contribution in [0, 0.1) is 0 Å². The van der Waals surface area contributed by atoms with Crippen LogP contribution in [0.2, 0.25) is 0 Å². The van der Waals surface area contributed by atoms with Gasteiger partial charge in [0.1, 0.15) is 0 Å². The quantitative estimate of drug-likeness (QED) is 0.830. The summed E-state index contributed by atoms with van der Waals surface area (Å²) in [6.45, 7) is 0.631. The van der Waals surface area contributed by atoms with E-state index in [0.717, 1.165) is 5.56 Å². The molecule has 5 nitrogen and oxygen atoms in total. The van der Waals surface area contributed by atoms with Crippen LogP contribution in [0.3, 0.4) is 0 Å². The lowest BCUT2D eigenvalue weighted by molar-refractivity contribution is -0.00441. The number of hydrogen-bond donors (Lipinski definition) is 2. The van der Waals surface area contributed by atoms with Crippen LogP contribution in [0.5, 0.6) is 0 Å². The second-order valence-corrected chi connectivity index (χ2v) is 8.30. The summed E-state index contributed by atoms with van der Waals surface area (Å²) in [5.41, 5.74) is 6.36. The highest BCUT2D eigenvalue weighted by Crippen LogP contribution is 2.29. The molecule has 1 aliphatic heterocycles. The number of sulfonamides is 1. The predicted molar refractivity (Wildman–Crippen MR) is 93.9 cm³/mol. The van der Waals surface area contributed by atoms with Gasteiger partial charge in [0, 0.05) is 25.2 Å². The fraction of sp³-hybridized carbons (Fsp3) is 0.333. The van der Waals surface area contributed by atoms with E-state index in [9.17, 15) is 13.5 Å².